The molecule has 7 nitrogen and oxygen atoms in total. The highest BCUT2D eigenvalue weighted by molar-refractivity contribution is 7.92. The van der Waals surface area contributed by atoms with E-state index in [0.717, 1.165) is 29.7 Å². The predicted octanol–water partition coefficient (Wildman–Crippen LogP) is 3.26. The molecule has 2 aliphatic heterocycles. The maximum absolute atomic E-state index is 13.0. The van der Waals surface area contributed by atoms with Gasteiger partial charge in [0.25, 0.3) is 15.9 Å². The maximum atomic E-state index is 13.0. The van der Waals surface area contributed by atoms with E-state index >= 15 is 0 Å². The number of rotatable bonds is 6. The number of carbonyl (C=O) groups is 1. The first-order valence-corrected chi connectivity index (χ1v) is 11.7. The summed E-state index contributed by atoms with van der Waals surface area (Å²) in [7, 11) is -3.82. The van der Waals surface area contributed by atoms with Gasteiger partial charge in [0.1, 0.15) is 16.7 Å². The molecule has 1 saturated heterocycles. The Hall–Kier alpha value is -2.58. The van der Waals surface area contributed by atoms with Gasteiger partial charge < -0.3 is 14.4 Å². The molecule has 0 radical (unpaired) electrons. The summed E-state index contributed by atoms with van der Waals surface area (Å²) in [5, 5.41) is 0. The van der Waals surface area contributed by atoms with Gasteiger partial charge in [0, 0.05) is 24.5 Å². The summed E-state index contributed by atoms with van der Waals surface area (Å²) in [6, 6.07) is 10.4. The third-order valence-electron chi connectivity index (χ3n) is 5.39. The zero-order chi connectivity index (χ0) is 21.3. The number of hydrogen-bond acceptors (Lipinski definition) is 5. The minimum Gasteiger partial charge on any atom is -0.492 e. The van der Waals surface area contributed by atoms with E-state index < -0.39 is 10.0 Å². The monoisotopic (exact) mass is 430 g/mol. The van der Waals surface area contributed by atoms with Crippen molar-refractivity contribution in [3.05, 3.63) is 47.5 Å². The fraction of sp³-hybridized carbons (Fsp3) is 0.409. The summed E-state index contributed by atoms with van der Waals surface area (Å²) in [5.74, 6) is 0.311. The molecule has 0 spiro atoms. The van der Waals surface area contributed by atoms with E-state index in [1.165, 1.54) is 0 Å². The summed E-state index contributed by atoms with van der Waals surface area (Å²) < 4.78 is 39.7. The first kappa shape index (κ1) is 20.7. The fourth-order valence-electron chi connectivity index (χ4n) is 3.95. The Morgan fingerprint density at radius 2 is 2.10 bits per heavy atom. The van der Waals surface area contributed by atoms with Crippen molar-refractivity contribution < 1.29 is 22.7 Å². The molecule has 30 heavy (non-hydrogen) atoms. The smallest absolute Gasteiger partial charge is 0.265 e. The Morgan fingerprint density at radius 3 is 2.83 bits per heavy atom. The van der Waals surface area contributed by atoms with Gasteiger partial charge in [-0.25, -0.2) is 8.42 Å². The lowest BCUT2D eigenvalue weighted by molar-refractivity contribution is -0.127. The summed E-state index contributed by atoms with van der Waals surface area (Å²) >= 11 is 0. The molecule has 1 atom stereocenters. The predicted molar refractivity (Wildman–Crippen MR) is 115 cm³/mol. The van der Waals surface area contributed by atoms with Crippen molar-refractivity contribution in [2.24, 2.45) is 0 Å². The summed E-state index contributed by atoms with van der Waals surface area (Å²) in [6.45, 7) is 5.23. The van der Waals surface area contributed by atoms with Crippen molar-refractivity contribution in [1.29, 1.82) is 0 Å². The molecule has 1 N–H and O–H groups in total. The van der Waals surface area contributed by atoms with Gasteiger partial charge in [-0.3, -0.25) is 9.52 Å². The summed E-state index contributed by atoms with van der Waals surface area (Å²) in [4.78, 5) is 14.6. The van der Waals surface area contributed by atoms with Crippen molar-refractivity contribution >= 4 is 27.3 Å². The van der Waals surface area contributed by atoms with Crippen LogP contribution in [0.15, 0.2) is 41.3 Å². The molecule has 0 aliphatic carbocycles. The molecule has 0 bridgehead atoms. The lowest BCUT2D eigenvalue weighted by Gasteiger charge is -2.21. The van der Waals surface area contributed by atoms with Gasteiger partial charge in [-0.15, -0.1) is 0 Å². The summed E-state index contributed by atoms with van der Waals surface area (Å²) in [6.07, 6.45) is 1.96. The SMILES string of the molecule is CCOc1ccc(C)cc1S(=O)(=O)Nc1ccc2c(c1)CCN2C(=O)C1CCCO1. The quantitative estimate of drug-likeness (QED) is 0.760. The molecule has 1 unspecified atom stereocenters. The number of nitrogens with one attached hydrogen (secondary N) is 1. The molecule has 1 fully saturated rings. The van der Waals surface area contributed by atoms with Crippen molar-refractivity contribution in [2.75, 3.05) is 29.4 Å². The number of anilines is 2. The number of ether oxygens (including phenoxy) is 2. The second kappa shape index (κ2) is 8.28. The van der Waals surface area contributed by atoms with Crippen LogP contribution in [0, 0.1) is 6.92 Å². The minimum absolute atomic E-state index is 0.0132. The Bertz CT molecular complexity index is 1060. The lowest BCUT2D eigenvalue weighted by Crippen LogP contribution is -2.37. The highest BCUT2D eigenvalue weighted by Crippen LogP contribution is 2.34. The van der Waals surface area contributed by atoms with Crippen LogP contribution in [0.1, 0.15) is 30.9 Å². The first-order valence-electron chi connectivity index (χ1n) is 10.2. The molecule has 2 aliphatic rings. The number of amides is 1. The third kappa shape index (κ3) is 4.02. The topological polar surface area (TPSA) is 84.9 Å². The van der Waals surface area contributed by atoms with Gasteiger partial charge in [0.15, 0.2) is 0 Å². The Balaban J connectivity index is 1.57. The number of aryl methyl sites for hydroxylation is 1. The average Bonchev–Trinajstić information content (AvgIpc) is 3.38. The van der Waals surface area contributed by atoms with Crippen molar-refractivity contribution in [3.8, 4) is 5.75 Å². The standard InChI is InChI=1S/C22H26N2O5S/c1-3-28-19-9-6-15(2)13-21(19)30(26,27)23-17-7-8-18-16(14-17)10-11-24(18)22(25)20-5-4-12-29-20/h6-9,13-14,20,23H,3-5,10-12H2,1-2H3. The van der Waals surface area contributed by atoms with Crippen LogP contribution in [0.3, 0.4) is 0 Å². The molecule has 2 aromatic carbocycles. The molecule has 2 aromatic rings. The van der Waals surface area contributed by atoms with E-state index in [1.807, 2.05) is 19.9 Å². The Labute approximate surface area is 177 Å². The number of nitrogens with zero attached hydrogens (tertiary/aromatic N) is 1. The molecule has 1 amide bonds. The van der Waals surface area contributed by atoms with Crippen molar-refractivity contribution in [2.45, 2.75) is 44.1 Å². The van der Waals surface area contributed by atoms with E-state index in [4.69, 9.17) is 9.47 Å². The molecule has 2 heterocycles. The van der Waals surface area contributed by atoms with E-state index in [1.54, 1.807) is 35.2 Å². The van der Waals surface area contributed by atoms with Crippen LogP contribution in [-0.4, -0.2) is 40.2 Å². The number of sulfonamides is 1. The molecular weight excluding hydrogens is 404 g/mol. The van der Waals surface area contributed by atoms with Gasteiger partial charge in [-0.1, -0.05) is 6.07 Å². The molecule has 4 rings (SSSR count). The largest absolute Gasteiger partial charge is 0.492 e. The van der Waals surface area contributed by atoms with Crippen LogP contribution in [0.4, 0.5) is 11.4 Å². The second-order valence-electron chi connectivity index (χ2n) is 7.57. The first-order chi connectivity index (χ1) is 14.4. The fourth-order valence-corrected chi connectivity index (χ4v) is 5.23. The number of benzene rings is 2. The van der Waals surface area contributed by atoms with Gasteiger partial charge >= 0.3 is 0 Å². The maximum Gasteiger partial charge on any atom is 0.265 e. The van der Waals surface area contributed by atoms with Gasteiger partial charge in [0.2, 0.25) is 0 Å². The molecule has 0 saturated carbocycles. The van der Waals surface area contributed by atoms with Crippen LogP contribution >= 0.6 is 0 Å². The number of fused-ring (bicyclic) bond motifs is 1. The highest BCUT2D eigenvalue weighted by Gasteiger charge is 2.33. The van der Waals surface area contributed by atoms with Gasteiger partial charge in [-0.05, 0) is 74.6 Å². The number of hydrogen-bond donors (Lipinski definition) is 1. The molecular formula is C22H26N2O5S. The van der Waals surface area contributed by atoms with E-state index in [0.29, 0.717) is 37.6 Å². The molecule has 160 valence electrons. The van der Waals surface area contributed by atoms with E-state index in [9.17, 15) is 13.2 Å². The summed E-state index contributed by atoms with van der Waals surface area (Å²) in [5.41, 5.74) is 3.06. The van der Waals surface area contributed by atoms with E-state index in [-0.39, 0.29) is 16.9 Å². The zero-order valence-electron chi connectivity index (χ0n) is 17.2. The lowest BCUT2D eigenvalue weighted by atomic mass is 10.1. The minimum atomic E-state index is -3.82. The average molecular weight is 431 g/mol. The molecule has 0 aromatic heterocycles. The highest BCUT2D eigenvalue weighted by atomic mass is 32.2. The second-order valence-corrected chi connectivity index (χ2v) is 9.22. The Morgan fingerprint density at radius 1 is 1.27 bits per heavy atom. The zero-order valence-corrected chi connectivity index (χ0v) is 18.0. The van der Waals surface area contributed by atoms with Crippen LogP contribution in [0.25, 0.3) is 0 Å². The van der Waals surface area contributed by atoms with Crippen LogP contribution < -0.4 is 14.4 Å². The van der Waals surface area contributed by atoms with E-state index in [2.05, 4.69) is 4.72 Å². The van der Waals surface area contributed by atoms with Crippen LogP contribution in [-0.2, 0) is 26.0 Å². The van der Waals surface area contributed by atoms with Crippen molar-refractivity contribution in [1.82, 2.24) is 0 Å². The van der Waals surface area contributed by atoms with Crippen LogP contribution in [0.5, 0.6) is 5.75 Å². The van der Waals surface area contributed by atoms with Gasteiger partial charge in [-0.2, -0.15) is 0 Å². The third-order valence-corrected chi connectivity index (χ3v) is 6.79. The van der Waals surface area contributed by atoms with Crippen molar-refractivity contribution in [3.63, 3.8) is 0 Å². The molecule has 8 heteroatoms. The normalized spacial score (nSPS) is 18.3. The Kier molecular flexibility index (Phi) is 5.71. The van der Waals surface area contributed by atoms with Crippen LogP contribution in [0.2, 0.25) is 0 Å². The van der Waals surface area contributed by atoms with Gasteiger partial charge in [0.05, 0.1) is 6.61 Å². The number of carbonyl (C=O) groups excluding carboxylic acids is 1.